The fourth-order valence-electron chi connectivity index (χ4n) is 2.20. The van der Waals surface area contributed by atoms with Crippen LogP contribution in [0, 0.1) is 5.82 Å². The molecule has 1 saturated heterocycles. The van der Waals surface area contributed by atoms with E-state index in [9.17, 15) is 22.4 Å². The minimum absolute atomic E-state index is 0.0217. The Hall–Kier alpha value is -2.16. The van der Waals surface area contributed by atoms with Crippen LogP contribution in [0.2, 0.25) is 0 Å². The third-order valence-corrected chi connectivity index (χ3v) is 5.21. The van der Waals surface area contributed by atoms with Gasteiger partial charge < -0.3 is 16.0 Å². The third kappa shape index (κ3) is 4.92. The summed E-state index contributed by atoms with van der Waals surface area (Å²) < 4.78 is 36.1. The molecule has 2 atom stereocenters. The molecule has 1 aromatic rings. The van der Waals surface area contributed by atoms with Crippen molar-refractivity contribution < 1.29 is 22.4 Å². The maximum Gasteiger partial charge on any atom is 0.315 e. The smallest absolute Gasteiger partial charge is 0.315 e. The van der Waals surface area contributed by atoms with Gasteiger partial charge in [-0.05, 0) is 25.5 Å². The first-order valence-corrected chi connectivity index (χ1v) is 8.92. The van der Waals surface area contributed by atoms with Gasteiger partial charge in [-0.2, -0.15) is 0 Å². The highest BCUT2D eigenvalue weighted by Gasteiger charge is 2.29. The summed E-state index contributed by atoms with van der Waals surface area (Å²) in [6, 6.07) is 3.68. The minimum Gasteiger partial charge on any atom is -0.334 e. The Morgan fingerprint density at radius 2 is 2.00 bits per heavy atom. The monoisotopic (exact) mass is 343 g/mol. The standard InChI is InChI=1S/C14H18FN3O4S/c1-9(13(19)18-12-5-3-2-4-11(12)15)16-14(20)17-10-6-7-23(21,22)8-10/h2-5,9-10H,6-8H2,1H3,(H,18,19)(H2,16,17,20)/t9-,10?/m1/s1. The van der Waals surface area contributed by atoms with Crippen LogP contribution in [0.5, 0.6) is 0 Å². The van der Waals surface area contributed by atoms with Gasteiger partial charge in [-0.25, -0.2) is 17.6 Å². The maximum absolute atomic E-state index is 13.4. The van der Waals surface area contributed by atoms with Gasteiger partial charge in [0.25, 0.3) is 0 Å². The Morgan fingerprint density at radius 1 is 1.30 bits per heavy atom. The van der Waals surface area contributed by atoms with Crippen LogP contribution in [0.25, 0.3) is 0 Å². The molecule has 0 spiro atoms. The van der Waals surface area contributed by atoms with Crippen molar-refractivity contribution in [2.24, 2.45) is 0 Å². The van der Waals surface area contributed by atoms with Crippen molar-refractivity contribution in [1.82, 2.24) is 10.6 Å². The van der Waals surface area contributed by atoms with Crippen molar-refractivity contribution in [3.63, 3.8) is 0 Å². The molecule has 0 bridgehead atoms. The summed E-state index contributed by atoms with van der Waals surface area (Å²) in [5.41, 5.74) is 0.0217. The van der Waals surface area contributed by atoms with Gasteiger partial charge in [-0.15, -0.1) is 0 Å². The number of carbonyl (C=O) groups is 2. The number of sulfone groups is 1. The zero-order valence-electron chi connectivity index (χ0n) is 12.5. The predicted molar refractivity (Wildman–Crippen MR) is 83.2 cm³/mol. The van der Waals surface area contributed by atoms with Crippen molar-refractivity contribution in [2.75, 3.05) is 16.8 Å². The lowest BCUT2D eigenvalue weighted by Gasteiger charge is -2.17. The SMILES string of the molecule is C[C@@H](NC(=O)NC1CCS(=O)(=O)C1)C(=O)Nc1ccccc1F. The molecular weight excluding hydrogens is 325 g/mol. The van der Waals surface area contributed by atoms with E-state index in [0.29, 0.717) is 6.42 Å². The Labute approximate surface area is 133 Å². The minimum atomic E-state index is -3.09. The number of amides is 3. The van der Waals surface area contributed by atoms with Crippen LogP contribution in [-0.4, -0.2) is 43.9 Å². The van der Waals surface area contributed by atoms with Crippen LogP contribution in [0.4, 0.5) is 14.9 Å². The first-order valence-electron chi connectivity index (χ1n) is 7.10. The predicted octanol–water partition coefficient (Wildman–Crippen LogP) is 0.639. The highest BCUT2D eigenvalue weighted by atomic mass is 32.2. The van der Waals surface area contributed by atoms with Crippen LogP contribution in [0.3, 0.4) is 0 Å². The van der Waals surface area contributed by atoms with E-state index < -0.39 is 39.7 Å². The lowest BCUT2D eigenvalue weighted by molar-refractivity contribution is -0.117. The normalized spacial score (nSPS) is 20.5. The molecule has 23 heavy (non-hydrogen) atoms. The zero-order chi connectivity index (χ0) is 17.0. The van der Waals surface area contributed by atoms with Gasteiger partial charge in [0.1, 0.15) is 11.9 Å². The number of anilines is 1. The second-order valence-electron chi connectivity index (χ2n) is 5.41. The van der Waals surface area contributed by atoms with Gasteiger partial charge in [0.15, 0.2) is 9.84 Å². The molecule has 0 radical (unpaired) electrons. The Bertz CT molecular complexity index is 708. The lowest BCUT2D eigenvalue weighted by atomic mass is 10.2. The summed E-state index contributed by atoms with van der Waals surface area (Å²) in [5, 5.41) is 7.28. The van der Waals surface area contributed by atoms with Crippen molar-refractivity contribution in [3.8, 4) is 0 Å². The second kappa shape index (κ2) is 6.95. The highest BCUT2D eigenvalue weighted by Crippen LogP contribution is 2.13. The van der Waals surface area contributed by atoms with Crippen LogP contribution in [0.15, 0.2) is 24.3 Å². The van der Waals surface area contributed by atoms with Gasteiger partial charge in [-0.1, -0.05) is 12.1 Å². The first-order chi connectivity index (χ1) is 10.8. The van der Waals surface area contributed by atoms with Crippen LogP contribution >= 0.6 is 0 Å². The molecule has 3 amide bonds. The molecule has 1 aromatic carbocycles. The van der Waals surface area contributed by atoms with Gasteiger partial charge in [0, 0.05) is 6.04 Å². The van der Waals surface area contributed by atoms with Gasteiger partial charge in [0.2, 0.25) is 5.91 Å². The summed E-state index contributed by atoms with van der Waals surface area (Å²) in [4.78, 5) is 23.7. The van der Waals surface area contributed by atoms with E-state index in [1.807, 2.05) is 0 Å². The average molecular weight is 343 g/mol. The number of para-hydroxylation sites is 1. The summed E-state index contributed by atoms with van der Waals surface area (Å²) in [6.07, 6.45) is 0.353. The average Bonchev–Trinajstić information content (AvgIpc) is 2.80. The Kier molecular flexibility index (Phi) is 5.19. The molecule has 7 nitrogen and oxygen atoms in total. The summed E-state index contributed by atoms with van der Waals surface area (Å²) in [5.74, 6) is -1.21. The molecule has 1 unspecified atom stereocenters. The summed E-state index contributed by atoms with van der Waals surface area (Å²) in [7, 11) is -3.09. The number of hydrogen-bond acceptors (Lipinski definition) is 4. The topological polar surface area (TPSA) is 104 Å². The number of halogens is 1. The van der Waals surface area contributed by atoms with Crippen molar-refractivity contribution in [3.05, 3.63) is 30.1 Å². The largest absolute Gasteiger partial charge is 0.334 e. The molecule has 0 aliphatic carbocycles. The van der Waals surface area contributed by atoms with Crippen molar-refractivity contribution in [2.45, 2.75) is 25.4 Å². The number of nitrogens with one attached hydrogen (secondary N) is 3. The number of rotatable bonds is 4. The molecule has 9 heteroatoms. The number of benzene rings is 1. The fourth-order valence-corrected chi connectivity index (χ4v) is 3.88. The maximum atomic E-state index is 13.4. The molecule has 0 saturated carbocycles. The molecule has 1 heterocycles. The summed E-state index contributed by atoms with van der Waals surface area (Å²) >= 11 is 0. The van der Waals surface area contributed by atoms with Gasteiger partial charge >= 0.3 is 6.03 Å². The molecule has 126 valence electrons. The van der Waals surface area contributed by atoms with E-state index in [1.165, 1.54) is 25.1 Å². The van der Waals surface area contributed by atoms with E-state index in [4.69, 9.17) is 0 Å². The third-order valence-electron chi connectivity index (χ3n) is 3.44. The van der Waals surface area contributed by atoms with E-state index in [1.54, 1.807) is 6.07 Å². The molecular formula is C14H18FN3O4S. The number of hydrogen-bond donors (Lipinski definition) is 3. The van der Waals surface area contributed by atoms with Crippen molar-refractivity contribution >= 4 is 27.5 Å². The zero-order valence-corrected chi connectivity index (χ0v) is 13.3. The van der Waals surface area contributed by atoms with Crippen LogP contribution in [0.1, 0.15) is 13.3 Å². The van der Waals surface area contributed by atoms with Gasteiger partial charge in [-0.3, -0.25) is 4.79 Å². The summed E-state index contributed by atoms with van der Waals surface area (Å²) in [6.45, 7) is 1.45. The molecule has 2 rings (SSSR count). The molecule has 0 aromatic heterocycles. The lowest BCUT2D eigenvalue weighted by Crippen LogP contribution is -2.49. The van der Waals surface area contributed by atoms with E-state index in [0.717, 1.165) is 0 Å². The first kappa shape index (κ1) is 17.2. The van der Waals surface area contributed by atoms with Crippen molar-refractivity contribution in [1.29, 1.82) is 0 Å². The Morgan fingerprint density at radius 3 is 2.61 bits per heavy atom. The Balaban J connectivity index is 1.84. The molecule has 3 N–H and O–H groups in total. The number of urea groups is 1. The van der Waals surface area contributed by atoms with Gasteiger partial charge in [0.05, 0.1) is 17.2 Å². The van der Waals surface area contributed by atoms with Crippen LogP contribution < -0.4 is 16.0 Å². The highest BCUT2D eigenvalue weighted by molar-refractivity contribution is 7.91. The molecule has 1 aliphatic rings. The van der Waals surface area contributed by atoms with E-state index in [2.05, 4.69) is 16.0 Å². The quantitative estimate of drug-likeness (QED) is 0.746. The van der Waals surface area contributed by atoms with E-state index >= 15 is 0 Å². The second-order valence-corrected chi connectivity index (χ2v) is 7.64. The van der Waals surface area contributed by atoms with Crippen LogP contribution in [-0.2, 0) is 14.6 Å². The fraction of sp³-hybridized carbons (Fsp3) is 0.429. The molecule has 1 fully saturated rings. The van der Waals surface area contributed by atoms with E-state index in [-0.39, 0.29) is 17.2 Å². The number of carbonyl (C=O) groups excluding carboxylic acids is 2. The molecule has 1 aliphatic heterocycles.